The largest absolute Gasteiger partial charge is 0.461 e. The van der Waals surface area contributed by atoms with Crippen LogP contribution in [0.4, 0.5) is 0 Å². The lowest BCUT2D eigenvalue weighted by Gasteiger charge is -2.71. The number of carbonyl (C=O) groups is 2. The number of hydrogen-bond donors (Lipinski definition) is 0. The molecule has 0 radical (unpaired) electrons. The van der Waals surface area contributed by atoms with Crippen LogP contribution in [0.25, 0.3) is 0 Å². The number of allylic oxidation sites excluding steroid dienone is 2. The van der Waals surface area contributed by atoms with Crippen LogP contribution in [-0.2, 0) is 14.3 Å². The van der Waals surface area contributed by atoms with Crippen LogP contribution in [0.15, 0.2) is 11.6 Å². The van der Waals surface area contributed by atoms with E-state index in [1.165, 1.54) is 32.6 Å². The number of esters is 1. The van der Waals surface area contributed by atoms with Gasteiger partial charge in [-0.2, -0.15) is 0 Å². The Labute approximate surface area is 258 Å². The Morgan fingerprint density at radius 3 is 2.17 bits per heavy atom. The van der Waals surface area contributed by atoms with E-state index < -0.39 is 5.41 Å². The summed E-state index contributed by atoms with van der Waals surface area (Å²) in [6.45, 7) is 25.1. The molecule has 0 aromatic rings. The smallest absolute Gasteiger partial charge is 0.302 e. The highest BCUT2D eigenvalue weighted by molar-refractivity contribution is 5.84. The van der Waals surface area contributed by atoms with Crippen molar-refractivity contribution in [3.05, 3.63) is 11.6 Å². The maximum Gasteiger partial charge on any atom is 0.302 e. The zero-order valence-electron chi connectivity index (χ0n) is 28.9. The summed E-state index contributed by atoms with van der Waals surface area (Å²) >= 11 is 0. The highest BCUT2D eigenvalue weighted by Gasteiger charge is 2.70. The maximum atomic E-state index is 14.7. The van der Waals surface area contributed by atoms with Gasteiger partial charge in [-0.15, -0.1) is 0 Å². The van der Waals surface area contributed by atoms with Crippen LogP contribution in [0.5, 0.6) is 0 Å². The van der Waals surface area contributed by atoms with Gasteiger partial charge in [-0.3, -0.25) is 9.59 Å². The molecule has 0 aromatic carbocycles. The normalized spacial score (nSPS) is 48.1. The summed E-state index contributed by atoms with van der Waals surface area (Å²) in [6, 6.07) is 0. The van der Waals surface area contributed by atoms with Gasteiger partial charge in [0.25, 0.3) is 0 Å². The third-order valence-corrected chi connectivity index (χ3v) is 15.0. The highest BCUT2D eigenvalue weighted by Crippen LogP contribution is 2.76. The van der Waals surface area contributed by atoms with E-state index in [0.717, 1.165) is 69.9 Å². The highest BCUT2D eigenvalue weighted by atomic mass is 16.5. The first-order valence-electron chi connectivity index (χ1n) is 17.8. The predicted molar refractivity (Wildman–Crippen MR) is 172 cm³/mol. The number of hydrogen-bond acceptors (Lipinski definition) is 3. The molecule has 0 N–H and O–H groups in total. The van der Waals surface area contributed by atoms with E-state index in [1.54, 1.807) is 5.57 Å². The molecule has 4 fully saturated rings. The monoisotopic (exact) mass is 581 g/mol. The Kier molecular flexibility index (Phi) is 8.35. The summed E-state index contributed by atoms with van der Waals surface area (Å²) in [5.74, 6) is 2.97. The minimum Gasteiger partial charge on any atom is -0.461 e. The molecule has 5 aliphatic rings. The van der Waals surface area contributed by atoms with Gasteiger partial charge in [0.15, 0.2) is 0 Å². The van der Waals surface area contributed by atoms with Crippen molar-refractivity contribution in [2.75, 3.05) is 13.1 Å². The number of ether oxygens (including phenoxy) is 1. The molecule has 42 heavy (non-hydrogen) atoms. The minimum absolute atomic E-state index is 0.0371. The second-order valence-electron chi connectivity index (χ2n) is 17.0. The van der Waals surface area contributed by atoms with Crippen LogP contribution in [0.3, 0.4) is 0 Å². The maximum absolute atomic E-state index is 14.7. The van der Waals surface area contributed by atoms with Crippen LogP contribution in [0, 0.1) is 56.7 Å². The van der Waals surface area contributed by atoms with Gasteiger partial charge in [0.1, 0.15) is 6.10 Å². The quantitative estimate of drug-likeness (QED) is 0.232. The van der Waals surface area contributed by atoms with Gasteiger partial charge >= 0.3 is 5.97 Å². The van der Waals surface area contributed by atoms with Gasteiger partial charge in [0, 0.05) is 20.0 Å². The van der Waals surface area contributed by atoms with Crippen molar-refractivity contribution < 1.29 is 14.3 Å². The van der Waals surface area contributed by atoms with Crippen molar-refractivity contribution >= 4 is 11.9 Å². The second-order valence-corrected chi connectivity index (χ2v) is 17.0. The molecule has 5 aliphatic carbocycles. The number of rotatable bonds is 6. The molecule has 0 saturated heterocycles. The number of carbonyl (C=O) groups excluding carboxylic acids is 2. The summed E-state index contributed by atoms with van der Waals surface area (Å²) in [5, 5.41) is 0. The molecular weight excluding hydrogens is 518 g/mol. The van der Waals surface area contributed by atoms with E-state index in [0.29, 0.717) is 17.3 Å². The molecule has 0 heterocycles. The van der Waals surface area contributed by atoms with Gasteiger partial charge in [-0.1, -0.05) is 67.0 Å². The first-order valence-corrected chi connectivity index (χ1v) is 17.8. The predicted octanol–water partition coefficient (Wildman–Crippen LogP) is 9.22. The molecule has 0 aromatic heterocycles. The summed E-state index contributed by atoms with van der Waals surface area (Å²) in [4.78, 5) is 29.2. The van der Waals surface area contributed by atoms with Gasteiger partial charge in [0.05, 0.1) is 5.41 Å². The average molecular weight is 582 g/mol. The number of fused-ring (bicyclic) bond motifs is 7. The molecule has 5 rings (SSSR count). The fraction of sp³-hybridized carbons (Fsp3) is 0.895. The van der Waals surface area contributed by atoms with Gasteiger partial charge < -0.3 is 9.64 Å². The Hall–Kier alpha value is -1.32. The van der Waals surface area contributed by atoms with Crippen LogP contribution in [-0.4, -0.2) is 36.0 Å². The first-order chi connectivity index (χ1) is 19.6. The molecular formula is C38H63NO3. The van der Waals surface area contributed by atoms with Crippen molar-refractivity contribution in [2.24, 2.45) is 56.7 Å². The Bertz CT molecular complexity index is 1090. The Morgan fingerprint density at radius 1 is 0.881 bits per heavy atom. The molecule has 0 bridgehead atoms. The lowest BCUT2D eigenvalue weighted by molar-refractivity contribution is -0.220. The van der Waals surface area contributed by atoms with E-state index in [-0.39, 0.29) is 40.1 Å². The fourth-order valence-electron chi connectivity index (χ4n) is 12.4. The summed E-state index contributed by atoms with van der Waals surface area (Å²) in [6.07, 6.45) is 14.9. The van der Waals surface area contributed by atoms with Crippen molar-refractivity contribution in [1.82, 2.24) is 4.90 Å². The first kappa shape index (κ1) is 32.1. The third-order valence-electron chi connectivity index (χ3n) is 15.0. The van der Waals surface area contributed by atoms with Gasteiger partial charge in [-0.05, 0) is 129 Å². The zero-order valence-corrected chi connectivity index (χ0v) is 28.9. The lowest BCUT2D eigenvalue weighted by Crippen LogP contribution is -2.67. The summed E-state index contributed by atoms with van der Waals surface area (Å²) in [5.41, 5.74) is 2.03. The van der Waals surface area contributed by atoms with Crippen LogP contribution in [0.1, 0.15) is 140 Å². The second kappa shape index (κ2) is 10.9. The van der Waals surface area contributed by atoms with Gasteiger partial charge in [-0.25, -0.2) is 0 Å². The Morgan fingerprint density at radius 2 is 1.55 bits per heavy atom. The lowest BCUT2D eigenvalue weighted by atomic mass is 9.33. The molecule has 4 saturated carbocycles. The SMILES string of the molecule is CCCN(CCC)C(=O)[C@]1(C)C2CC[C@]3(C)C(CC=C4C5[C@@H](C)[C@H](C)CC[C@]5(C)CC[C@]43C)[C@@]2(C)CC[C@H]1OC(C)=O. The molecule has 238 valence electrons. The van der Waals surface area contributed by atoms with E-state index in [2.05, 4.69) is 73.3 Å². The molecule has 1 amide bonds. The topological polar surface area (TPSA) is 46.6 Å². The van der Waals surface area contributed by atoms with Crippen molar-refractivity contribution in [3.8, 4) is 0 Å². The molecule has 11 atom stereocenters. The van der Waals surface area contributed by atoms with Crippen molar-refractivity contribution in [1.29, 1.82) is 0 Å². The van der Waals surface area contributed by atoms with E-state index in [1.807, 2.05) is 0 Å². The van der Waals surface area contributed by atoms with E-state index in [4.69, 9.17) is 4.74 Å². The van der Waals surface area contributed by atoms with Crippen LogP contribution < -0.4 is 0 Å². The van der Waals surface area contributed by atoms with E-state index in [9.17, 15) is 9.59 Å². The average Bonchev–Trinajstić information content (AvgIpc) is 2.92. The van der Waals surface area contributed by atoms with Crippen LogP contribution in [0.2, 0.25) is 0 Å². The Balaban J connectivity index is 1.57. The van der Waals surface area contributed by atoms with Crippen molar-refractivity contribution in [2.45, 2.75) is 146 Å². The molecule has 4 heteroatoms. The van der Waals surface area contributed by atoms with E-state index >= 15 is 0 Å². The van der Waals surface area contributed by atoms with Gasteiger partial charge in [0.2, 0.25) is 5.91 Å². The summed E-state index contributed by atoms with van der Waals surface area (Å²) < 4.78 is 6.09. The molecule has 0 spiro atoms. The zero-order chi connectivity index (χ0) is 30.9. The fourth-order valence-corrected chi connectivity index (χ4v) is 12.4. The number of nitrogens with zero attached hydrogens (tertiary/aromatic N) is 1. The molecule has 0 aliphatic heterocycles. The standard InChI is InChI=1S/C38H63NO3/c1-11-23-39(24-12-2)33(41)38(10)30-16-20-37(9)29(35(30,7)19-17-31(38)42-27(5)40)14-13-28-32-26(4)25(3)15-18-34(32,6)21-22-36(28,37)8/h13,25-26,29-32H,11-12,14-24H2,1-10H3/t25-,26+,29?,30?,31-,32?,34-,35-,36-,37-,38-/m1/s1. The third kappa shape index (κ3) is 4.40. The molecule has 4 nitrogen and oxygen atoms in total. The molecule has 3 unspecified atom stereocenters. The summed E-state index contributed by atoms with van der Waals surface area (Å²) in [7, 11) is 0. The van der Waals surface area contributed by atoms with Crippen LogP contribution >= 0.6 is 0 Å². The number of amides is 1. The van der Waals surface area contributed by atoms with Crippen molar-refractivity contribution in [3.63, 3.8) is 0 Å². The minimum atomic E-state index is -0.687.